The average molecular weight is 237 g/mol. The molecular weight excluding hydrogens is 214 g/mol. The molecule has 0 spiro atoms. The number of aromatic nitrogens is 1. The summed E-state index contributed by atoms with van der Waals surface area (Å²) in [5, 5.41) is 7.74. The van der Waals surface area contributed by atoms with Crippen LogP contribution in [0.4, 0.5) is 0 Å². The van der Waals surface area contributed by atoms with Gasteiger partial charge in [-0.15, -0.1) is 0 Å². The summed E-state index contributed by atoms with van der Waals surface area (Å²) in [6.07, 6.45) is 2.36. The molecule has 1 N–H and O–H groups in total. The van der Waals surface area contributed by atoms with Gasteiger partial charge in [0.25, 0.3) is 0 Å². The molecule has 2 rings (SSSR count). The minimum absolute atomic E-state index is 0.289. The highest BCUT2D eigenvalue weighted by Crippen LogP contribution is 2.21. The molecule has 2 heterocycles. The predicted molar refractivity (Wildman–Crippen MR) is 67.8 cm³/mol. The smallest absolute Gasteiger partial charge is 0.133 e. The third-order valence-corrected chi connectivity index (χ3v) is 3.87. The van der Waals surface area contributed by atoms with Crippen molar-refractivity contribution in [1.82, 2.24) is 15.4 Å². The largest absolute Gasteiger partial charge is 0.361 e. The normalized spacial score (nSPS) is 20.6. The summed E-state index contributed by atoms with van der Waals surface area (Å²) in [4.78, 5) is 2.47. The Labute approximate surface area is 103 Å². The van der Waals surface area contributed by atoms with Gasteiger partial charge in [-0.2, -0.15) is 0 Å². The van der Waals surface area contributed by atoms with Gasteiger partial charge in [0.05, 0.1) is 5.69 Å². The third kappa shape index (κ3) is 2.87. The van der Waals surface area contributed by atoms with Crippen molar-refractivity contribution in [2.45, 2.75) is 45.7 Å². The maximum Gasteiger partial charge on any atom is 0.133 e. The Bertz CT molecular complexity index is 357. The van der Waals surface area contributed by atoms with Gasteiger partial charge in [-0.25, -0.2) is 0 Å². The molecule has 0 atom stereocenters. The van der Waals surface area contributed by atoms with Crippen molar-refractivity contribution in [3.8, 4) is 0 Å². The van der Waals surface area contributed by atoms with Crippen LogP contribution < -0.4 is 5.32 Å². The minimum atomic E-state index is 0.289. The first-order valence-corrected chi connectivity index (χ1v) is 6.57. The van der Waals surface area contributed by atoms with Crippen LogP contribution in [0.2, 0.25) is 0 Å². The summed E-state index contributed by atoms with van der Waals surface area (Å²) in [6.45, 7) is 10.6. The molecule has 0 unspecified atom stereocenters. The van der Waals surface area contributed by atoms with Gasteiger partial charge in [-0.3, -0.25) is 4.90 Å². The Morgan fingerprint density at radius 1 is 1.47 bits per heavy atom. The highest BCUT2D eigenvalue weighted by molar-refractivity contribution is 5.04. The fourth-order valence-corrected chi connectivity index (χ4v) is 2.62. The lowest BCUT2D eigenvalue weighted by Crippen LogP contribution is -2.59. The van der Waals surface area contributed by atoms with Crippen molar-refractivity contribution in [3.05, 3.63) is 17.5 Å². The minimum Gasteiger partial charge on any atom is -0.361 e. The highest BCUT2D eigenvalue weighted by Gasteiger charge is 2.31. The van der Waals surface area contributed by atoms with Gasteiger partial charge in [0.15, 0.2) is 0 Å². The van der Waals surface area contributed by atoms with E-state index in [9.17, 15) is 0 Å². The van der Waals surface area contributed by atoms with Crippen molar-refractivity contribution in [2.75, 3.05) is 19.6 Å². The van der Waals surface area contributed by atoms with Crippen LogP contribution in [0.3, 0.4) is 0 Å². The van der Waals surface area contributed by atoms with Crippen molar-refractivity contribution < 1.29 is 4.52 Å². The van der Waals surface area contributed by atoms with Gasteiger partial charge in [0.2, 0.25) is 0 Å². The quantitative estimate of drug-likeness (QED) is 0.869. The van der Waals surface area contributed by atoms with Crippen LogP contribution in [0.25, 0.3) is 0 Å². The first-order valence-electron chi connectivity index (χ1n) is 6.57. The van der Waals surface area contributed by atoms with Gasteiger partial charge < -0.3 is 9.84 Å². The number of rotatable bonds is 4. The Kier molecular flexibility index (Phi) is 3.84. The summed E-state index contributed by atoms with van der Waals surface area (Å²) >= 11 is 0. The number of nitrogens with zero attached hydrogens (tertiary/aromatic N) is 2. The molecule has 1 aromatic rings. The van der Waals surface area contributed by atoms with E-state index in [-0.39, 0.29) is 5.54 Å². The van der Waals surface area contributed by atoms with Gasteiger partial charge in [-0.1, -0.05) is 19.0 Å². The van der Waals surface area contributed by atoms with Crippen molar-refractivity contribution >= 4 is 0 Å². The maximum atomic E-state index is 5.12. The van der Waals surface area contributed by atoms with Gasteiger partial charge in [0, 0.05) is 37.8 Å². The molecule has 0 saturated carbocycles. The van der Waals surface area contributed by atoms with Gasteiger partial charge in [0.1, 0.15) is 5.76 Å². The van der Waals surface area contributed by atoms with Crippen LogP contribution in [-0.2, 0) is 6.54 Å². The van der Waals surface area contributed by atoms with Crippen LogP contribution in [0.15, 0.2) is 10.6 Å². The number of nitrogens with one attached hydrogen (secondary N) is 1. The molecule has 0 aromatic carbocycles. The lowest BCUT2D eigenvalue weighted by Gasteiger charge is -2.42. The topological polar surface area (TPSA) is 41.3 Å². The van der Waals surface area contributed by atoms with E-state index in [1.54, 1.807) is 0 Å². The Balaban J connectivity index is 1.98. The summed E-state index contributed by atoms with van der Waals surface area (Å²) in [5.74, 6) is 0.896. The lowest BCUT2D eigenvalue weighted by molar-refractivity contribution is 0.116. The lowest BCUT2D eigenvalue weighted by atomic mass is 9.90. The van der Waals surface area contributed by atoms with Crippen LogP contribution in [0.1, 0.15) is 38.1 Å². The number of hydrogen-bond donors (Lipinski definition) is 1. The SMILES string of the molecule is CCC1(CC)CN(Cc2cc(C)on2)CCN1. The fraction of sp³-hybridized carbons (Fsp3) is 0.769. The number of aryl methyl sites for hydroxylation is 1. The summed E-state index contributed by atoms with van der Waals surface area (Å²) < 4.78 is 5.12. The number of hydrogen-bond acceptors (Lipinski definition) is 4. The molecule has 1 aromatic heterocycles. The first kappa shape index (κ1) is 12.6. The Hall–Kier alpha value is -0.870. The summed E-state index contributed by atoms with van der Waals surface area (Å²) in [6, 6.07) is 2.03. The molecule has 0 radical (unpaired) electrons. The van der Waals surface area contributed by atoms with E-state index in [1.807, 2.05) is 13.0 Å². The molecule has 1 fully saturated rings. The standard InChI is InChI=1S/C13H23N3O/c1-4-13(5-2)10-16(7-6-14-13)9-12-8-11(3)17-15-12/h8,14H,4-7,9-10H2,1-3H3. The average Bonchev–Trinajstić information content (AvgIpc) is 2.75. The van der Waals surface area contributed by atoms with E-state index in [0.717, 1.165) is 37.6 Å². The molecule has 1 saturated heterocycles. The van der Waals surface area contributed by atoms with Crippen LogP contribution in [0, 0.1) is 6.92 Å². The molecule has 17 heavy (non-hydrogen) atoms. The van der Waals surface area contributed by atoms with Crippen molar-refractivity contribution in [3.63, 3.8) is 0 Å². The first-order chi connectivity index (χ1) is 8.17. The van der Waals surface area contributed by atoms with E-state index in [4.69, 9.17) is 4.52 Å². The molecule has 96 valence electrons. The predicted octanol–water partition coefficient (Wildman–Crippen LogP) is 1.95. The zero-order valence-electron chi connectivity index (χ0n) is 11.1. The summed E-state index contributed by atoms with van der Waals surface area (Å²) in [5.41, 5.74) is 1.34. The van der Waals surface area contributed by atoms with Gasteiger partial charge >= 0.3 is 0 Å². The van der Waals surface area contributed by atoms with Crippen LogP contribution >= 0.6 is 0 Å². The van der Waals surface area contributed by atoms with Gasteiger partial charge in [-0.05, 0) is 19.8 Å². The zero-order valence-corrected chi connectivity index (χ0v) is 11.1. The maximum absolute atomic E-state index is 5.12. The molecule has 0 bridgehead atoms. The summed E-state index contributed by atoms with van der Waals surface area (Å²) in [7, 11) is 0. The van der Waals surface area contributed by atoms with E-state index >= 15 is 0 Å². The molecular formula is C13H23N3O. The Morgan fingerprint density at radius 3 is 2.82 bits per heavy atom. The Morgan fingerprint density at radius 2 is 2.24 bits per heavy atom. The molecule has 0 aliphatic carbocycles. The number of piperazine rings is 1. The molecule has 4 nitrogen and oxygen atoms in total. The highest BCUT2D eigenvalue weighted by atomic mass is 16.5. The van der Waals surface area contributed by atoms with E-state index in [0.29, 0.717) is 0 Å². The second-order valence-corrected chi connectivity index (χ2v) is 5.05. The monoisotopic (exact) mass is 237 g/mol. The molecule has 4 heteroatoms. The zero-order chi connectivity index (χ0) is 12.3. The fourth-order valence-electron chi connectivity index (χ4n) is 2.62. The second kappa shape index (κ2) is 5.19. The van der Waals surface area contributed by atoms with Crippen molar-refractivity contribution in [2.24, 2.45) is 0 Å². The molecule has 1 aliphatic heterocycles. The molecule has 1 aliphatic rings. The van der Waals surface area contributed by atoms with E-state index in [2.05, 4.69) is 29.2 Å². The second-order valence-electron chi connectivity index (χ2n) is 5.05. The third-order valence-electron chi connectivity index (χ3n) is 3.87. The van der Waals surface area contributed by atoms with E-state index in [1.165, 1.54) is 12.8 Å². The van der Waals surface area contributed by atoms with Crippen LogP contribution in [0.5, 0.6) is 0 Å². The van der Waals surface area contributed by atoms with E-state index < -0.39 is 0 Å². The van der Waals surface area contributed by atoms with Crippen LogP contribution in [-0.4, -0.2) is 35.2 Å². The van der Waals surface area contributed by atoms with Crippen molar-refractivity contribution in [1.29, 1.82) is 0 Å². The molecule has 0 amide bonds.